The van der Waals surface area contributed by atoms with Gasteiger partial charge in [0.25, 0.3) is 0 Å². The van der Waals surface area contributed by atoms with Crippen LogP contribution in [-0.4, -0.2) is 53.5 Å². The molecular weight excluding hydrogens is 462 g/mol. The normalized spacial score (nSPS) is 17.1. The number of nitrogens with zero attached hydrogens (tertiary/aromatic N) is 3. The fourth-order valence-corrected chi connectivity index (χ4v) is 6.89. The maximum atomic E-state index is 6.07. The topological polar surface area (TPSA) is 47.5 Å². The fourth-order valence-electron chi connectivity index (χ4n) is 4.65. The van der Waals surface area contributed by atoms with Gasteiger partial charge in [0, 0.05) is 29.1 Å². The summed E-state index contributed by atoms with van der Waals surface area (Å²) < 4.78 is 11.6. The zero-order valence-corrected chi connectivity index (χ0v) is 22.2. The molecule has 5 nitrogen and oxygen atoms in total. The van der Waals surface area contributed by atoms with E-state index in [0.29, 0.717) is 6.61 Å². The number of rotatable bonds is 7. The SMILES string of the molecule is CC(C)(C)c1ccc(OCCSc2nc(CN3CCOCC3)nc3sc4c(c23)CCCC4)cc1. The van der Waals surface area contributed by atoms with Gasteiger partial charge in [0.1, 0.15) is 21.4 Å². The molecule has 1 aromatic carbocycles. The highest BCUT2D eigenvalue weighted by Crippen LogP contribution is 2.39. The average molecular weight is 498 g/mol. The molecule has 0 atom stereocenters. The van der Waals surface area contributed by atoms with Crippen molar-refractivity contribution in [2.24, 2.45) is 0 Å². The van der Waals surface area contributed by atoms with Crippen LogP contribution in [0.3, 0.4) is 0 Å². The molecular formula is C27H35N3O2S2. The van der Waals surface area contributed by atoms with Crippen molar-refractivity contribution in [3.63, 3.8) is 0 Å². The van der Waals surface area contributed by atoms with Crippen LogP contribution in [0.25, 0.3) is 10.2 Å². The molecule has 3 aromatic rings. The summed E-state index contributed by atoms with van der Waals surface area (Å²) in [6.45, 7) is 11.7. The number of aryl methyl sites for hydroxylation is 2. The predicted octanol–water partition coefficient (Wildman–Crippen LogP) is 5.87. The minimum absolute atomic E-state index is 0.158. The smallest absolute Gasteiger partial charge is 0.145 e. The lowest BCUT2D eigenvalue weighted by Crippen LogP contribution is -2.36. The Morgan fingerprint density at radius 2 is 1.82 bits per heavy atom. The van der Waals surface area contributed by atoms with E-state index in [-0.39, 0.29) is 5.41 Å². The van der Waals surface area contributed by atoms with E-state index in [9.17, 15) is 0 Å². The minimum Gasteiger partial charge on any atom is -0.493 e. The molecule has 2 aromatic heterocycles. The van der Waals surface area contributed by atoms with Gasteiger partial charge in [-0.25, -0.2) is 9.97 Å². The Morgan fingerprint density at radius 3 is 2.59 bits per heavy atom. The lowest BCUT2D eigenvalue weighted by molar-refractivity contribution is 0.0330. The number of hydrogen-bond acceptors (Lipinski definition) is 7. The summed E-state index contributed by atoms with van der Waals surface area (Å²) >= 11 is 3.71. The van der Waals surface area contributed by atoms with Crippen molar-refractivity contribution < 1.29 is 9.47 Å². The Balaban J connectivity index is 1.30. The molecule has 0 unspecified atom stereocenters. The lowest BCUT2D eigenvalue weighted by atomic mass is 9.87. The molecule has 1 saturated heterocycles. The molecule has 34 heavy (non-hydrogen) atoms. The largest absolute Gasteiger partial charge is 0.493 e. The average Bonchev–Trinajstić information content (AvgIpc) is 3.21. The van der Waals surface area contributed by atoms with Crippen LogP contribution in [0.5, 0.6) is 5.75 Å². The quantitative estimate of drug-likeness (QED) is 0.231. The summed E-state index contributed by atoms with van der Waals surface area (Å²) in [6, 6.07) is 8.52. The number of aromatic nitrogens is 2. The maximum Gasteiger partial charge on any atom is 0.145 e. The van der Waals surface area contributed by atoms with E-state index in [1.807, 2.05) is 23.1 Å². The van der Waals surface area contributed by atoms with Crippen molar-refractivity contribution in [2.75, 3.05) is 38.7 Å². The van der Waals surface area contributed by atoms with E-state index in [2.05, 4.69) is 49.9 Å². The van der Waals surface area contributed by atoms with E-state index < -0.39 is 0 Å². The van der Waals surface area contributed by atoms with Gasteiger partial charge in [0.2, 0.25) is 0 Å². The number of thioether (sulfide) groups is 1. The van der Waals surface area contributed by atoms with Gasteiger partial charge in [-0.15, -0.1) is 23.1 Å². The molecule has 1 fully saturated rings. The lowest BCUT2D eigenvalue weighted by Gasteiger charge is -2.25. The van der Waals surface area contributed by atoms with Crippen LogP contribution in [0.1, 0.15) is 55.4 Å². The molecule has 1 aliphatic heterocycles. The third-order valence-electron chi connectivity index (χ3n) is 6.61. The molecule has 5 rings (SSSR count). The number of fused-ring (bicyclic) bond motifs is 3. The Bertz CT molecular complexity index is 1120. The molecule has 0 N–H and O–H groups in total. The van der Waals surface area contributed by atoms with Gasteiger partial charge in [0.15, 0.2) is 0 Å². The monoisotopic (exact) mass is 497 g/mol. The van der Waals surface area contributed by atoms with Crippen LogP contribution >= 0.6 is 23.1 Å². The van der Waals surface area contributed by atoms with Crippen molar-refractivity contribution in [3.05, 3.63) is 46.1 Å². The standard InChI is InChI=1S/C27H35N3O2S2/c1-27(2,3)19-8-10-20(11-9-19)32-16-17-33-25-24-21-6-4-5-7-22(21)34-26(24)29-23(28-25)18-30-12-14-31-15-13-30/h8-11H,4-7,12-18H2,1-3H3. The van der Waals surface area contributed by atoms with Gasteiger partial charge in [-0.1, -0.05) is 32.9 Å². The predicted molar refractivity (Wildman–Crippen MR) is 142 cm³/mol. The van der Waals surface area contributed by atoms with E-state index in [1.54, 1.807) is 0 Å². The number of benzene rings is 1. The highest BCUT2D eigenvalue weighted by Gasteiger charge is 2.22. The van der Waals surface area contributed by atoms with Gasteiger partial charge in [-0.2, -0.15) is 0 Å². The third kappa shape index (κ3) is 5.59. The second-order valence-electron chi connectivity index (χ2n) is 10.2. The first kappa shape index (κ1) is 24.0. The van der Waals surface area contributed by atoms with E-state index >= 15 is 0 Å². The van der Waals surface area contributed by atoms with Gasteiger partial charge < -0.3 is 9.47 Å². The molecule has 0 radical (unpaired) electrons. The van der Waals surface area contributed by atoms with Crippen LogP contribution in [0.2, 0.25) is 0 Å². The number of thiophene rings is 1. The van der Waals surface area contributed by atoms with Crippen LogP contribution in [-0.2, 0) is 29.5 Å². The van der Waals surface area contributed by atoms with Gasteiger partial charge in [0.05, 0.1) is 26.4 Å². The third-order valence-corrected chi connectivity index (χ3v) is 8.73. The highest BCUT2D eigenvalue weighted by molar-refractivity contribution is 7.99. The van der Waals surface area contributed by atoms with Crippen molar-refractivity contribution in [1.82, 2.24) is 14.9 Å². The Labute approximate surface area is 211 Å². The van der Waals surface area contributed by atoms with Gasteiger partial charge >= 0.3 is 0 Å². The van der Waals surface area contributed by atoms with Crippen molar-refractivity contribution in [3.8, 4) is 5.75 Å². The highest BCUT2D eigenvalue weighted by atomic mass is 32.2. The first-order chi connectivity index (χ1) is 16.5. The van der Waals surface area contributed by atoms with Crippen LogP contribution in [0.15, 0.2) is 29.3 Å². The first-order valence-electron chi connectivity index (χ1n) is 12.4. The fraction of sp³-hybridized carbons (Fsp3) is 0.556. The summed E-state index contributed by atoms with van der Waals surface area (Å²) in [5.41, 5.74) is 2.99. The molecule has 0 amide bonds. The summed E-state index contributed by atoms with van der Waals surface area (Å²) in [4.78, 5) is 15.2. The van der Waals surface area contributed by atoms with E-state index in [1.165, 1.54) is 45.5 Å². The van der Waals surface area contributed by atoms with Crippen molar-refractivity contribution >= 4 is 33.3 Å². The van der Waals surface area contributed by atoms with E-state index in [0.717, 1.165) is 61.6 Å². The second kappa shape index (κ2) is 10.5. The molecule has 0 bridgehead atoms. The number of hydrogen-bond donors (Lipinski definition) is 0. The molecule has 7 heteroatoms. The number of morpholine rings is 1. The summed E-state index contributed by atoms with van der Waals surface area (Å²) in [5, 5.41) is 2.45. The zero-order valence-electron chi connectivity index (χ0n) is 20.6. The minimum atomic E-state index is 0.158. The van der Waals surface area contributed by atoms with Crippen molar-refractivity contribution in [2.45, 2.75) is 63.4 Å². The molecule has 3 heterocycles. The summed E-state index contributed by atoms with van der Waals surface area (Å²) in [7, 11) is 0. The Kier molecular flexibility index (Phi) is 7.44. The van der Waals surface area contributed by atoms with Crippen molar-refractivity contribution in [1.29, 1.82) is 0 Å². The Hall–Kier alpha value is -1.67. The Morgan fingerprint density at radius 1 is 1.06 bits per heavy atom. The van der Waals surface area contributed by atoms with Crippen LogP contribution < -0.4 is 4.74 Å². The zero-order chi connectivity index (χ0) is 23.5. The van der Waals surface area contributed by atoms with Gasteiger partial charge in [-0.3, -0.25) is 4.90 Å². The molecule has 2 aliphatic rings. The van der Waals surface area contributed by atoms with Crippen LogP contribution in [0, 0.1) is 0 Å². The first-order valence-corrected chi connectivity index (χ1v) is 14.2. The molecule has 182 valence electrons. The molecule has 0 spiro atoms. The van der Waals surface area contributed by atoms with Crippen LogP contribution in [0.4, 0.5) is 0 Å². The summed E-state index contributed by atoms with van der Waals surface area (Å²) in [6.07, 6.45) is 4.91. The summed E-state index contributed by atoms with van der Waals surface area (Å²) in [5.74, 6) is 2.74. The maximum absolute atomic E-state index is 6.07. The van der Waals surface area contributed by atoms with E-state index in [4.69, 9.17) is 19.4 Å². The molecule has 0 saturated carbocycles. The molecule has 1 aliphatic carbocycles. The second-order valence-corrected chi connectivity index (χ2v) is 12.4. The number of ether oxygens (including phenoxy) is 2. The van der Waals surface area contributed by atoms with Gasteiger partial charge in [-0.05, 0) is 54.4 Å².